The number of hydrogen-bond donors (Lipinski definition) is 0. The summed E-state index contributed by atoms with van der Waals surface area (Å²) in [5.74, 6) is 0. The minimum atomic E-state index is -1.27. The van der Waals surface area contributed by atoms with Crippen LogP contribution in [0.25, 0.3) is 0 Å². The van der Waals surface area contributed by atoms with E-state index in [9.17, 15) is 0 Å². The van der Waals surface area contributed by atoms with Crippen molar-refractivity contribution in [2.75, 3.05) is 39.3 Å². The van der Waals surface area contributed by atoms with Crippen LogP contribution < -0.4 is 0 Å². The molecule has 0 aliphatic carbocycles. The molecule has 0 aromatic carbocycles. The van der Waals surface area contributed by atoms with E-state index in [1.165, 1.54) is 116 Å². The Balaban J connectivity index is 5.67. The zero-order valence-electron chi connectivity index (χ0n) is 20.6. The molecule has 0 heterocycles. The second kappa shape index (κ2) is 20.4. The molecule has 28 heavy (non-hydrogen) atoms. The molecule has 0 amide bonds. The molecule has 0 aromatic rings. The molecule has 0 aliphatic rings. The number of unbranched alkanes of at least 4 members (excludes halogenated alkanes) is 6. The Hall–Kier alpha value is 0.0969. The second-order valence-electron chi connectivity index (χ2n) is 8.58. The van der Waals surface area contributed by atoms with Crippen molar-refractivity contribution in [1.29, 1.82) is 0 Å². The standard InChI is InChI=1S/C24H55N3Si/c1-7-13-19-25(20-14-8-2)28(26(21-15-9-3)22-16-10-4)27(23-17-11-5)24-18-12-6/h28H,7-24H2,1-6H3. The smallest absolute Gasteiger partial charge is 0.272 e. The van der Waals surface area contributed by atoms with E-state index in [0.29, 0.717) is 0 Å². The highest BCUT2D eigenvalue weighted by atomic mass is 28.3. The Labute approximate surface area is 181 Å². The molecule has 3 nitrogen and oxygen atoms in total. The molecular weight excluding hydrogens is 358 g/mol. The zero-order valence-corrected chi connectivity index (χ0v) is 21.8. The molecule has 0 spiro atoms. The monoisotopic (exact) mass is 413 g/mol. The van der Waals surface area contributed by atoms with Gasteiger partial charge in [0, 0.05) is 0 Å². The van der Waals surface area contributed by atoms with Crippen LogP contribution in [0.2, 0.25) is 0 Å². The Kier molecular flexibility index (Phi) is 20.4. The first-order valence-corrected chi connectivity index (χ1v) is 14.5. The maximum Gasteiger partial charge on any atom is 0.272 e. The number of nitrogens with zero attached hydrogens (tertiary/aromatic N) is 3. The third kappa shape index (κ3) is 12.6. The van der Waals surface area contributed by atoms with Gasteiger partial charge in [-0.3, -0.25) is 0 Å². The Bertz CT molecular complexity index is 243. The summed E-state index contributed by atoms with van der Waals surface area (Å²) in [6.45, 7) is 22.0. The molecule has 0 N–H and O–H groups in total. The van der Waals surface area contributed by atoms with E-state index >= 15 is 0 Å². The predicted molar refractivity (Wildman–Crippen MR) is 131 cm³/mol. The fraction of sp³-hybridized carbons (Fsp3) is 1.00. The van der Waals surface area contributed by atoms with Gasteiger partial charge in [-0.25, -0.2) is 0 Å². The summed E-state index contributed by atoms with van der Waals surface area (Å²) in [5, 5.41) is 0. The van der Waals surface area contributed by atoms with E-state index in [-0.39, 0.29) is 0 Å². The van der Waals surface area contributed by atoms with Gasteiger partial charge in [0.05, 0.1) is 0 Å². The van der Waals surface area contributed by atoms with Crippen molar-refractivity contribution in [1.82, 2.24) is 13.7 Å². The third-order valence-corrected chi connectivity index (χ3v) is 9.28. The van der Waals surface area contributed by atoms with E-state index < -0.39 is 9.28 Å². The average molecular weight is 414 g/mol. The molecule has 0 radical (unpaired) electrons. The average Bonchev–Trinajstić information content (AvgIpc) is 2.72. The van der Waals surface area contributed by atoms with Crippen LogP contribution in [0.1, 0.15) is 119 Å². The van der Waals surface area contributed by atoms with E-state index in [2.05, 4.69) is 55.2 Å². The van der Waals surface area contributed by atoms with E-state index in [1.54, 1.807) is 0 Å². The van der Waals surface area contributed by atoms with E-state index in [0.717, 1.165) is 0 Å². The van der Waals surface area contributed by atoms with Crippen LogP contribution in [0.4, 0.5) is 0 Å². The van der Waals surface area contributed by atoms with Crippen molar-refractivity contribution in [3.05, 3.63) is 0 Å². The largest absolute Gasteiger partial charge is 0.302 e. The maximum absolute atomic E-state index is 2.99. The maximum atomic E-state index is 2.99. The van der Waals surface area contributed by atoms with Gasteiger partial charge < -0.3 is 13.7 Å². The lowest BCUT2D eigenvalue weighted by Crippen LogP contribution is -2.64. The van der Waals surface area contributed by atoms with Crippen molar-refractivity contribution in [3.63, 3.8) is 0 Å². The first-order chi connectivity index (χ1) is 13.7. The highest BCUT2D eigenvalue weighted by Gasteiger charge is 2.32. The molecule has 0 bridgehead atoms. The lowest BCUT2D eigenvalue weighted by atomic mass is 10.3. The Morgan fingerprint density at radius 3 is 0.679 bits per heavy atom. The van der Waals surface area contributed by atoms with Crippen LogP contribution in [0, 0.1) is 0 Å². The molecule has 4 heteroatoms. The summed E-state index contributed by atoms with van der Waals surface area (Å²) in [6, 6.07) is 0. The van der Waals surface area contributed by atoms with Crippen LogP contribution in [0.3, 0.4) is 0 Å². The minimum absolute atomic E-state index is 1.27. The van der Waals surface area contributed by atoms with E-state index in [4.69, 9.17) is 0 Å². The molecule has 0 fully saturated rings. The molecule has 0 atom stereocenters. The van der Waals surface area contributed by atoms with Crippen LogP contribution in [0.15, 0.2) is 0 Å². The van der Waals surface area contributed by atoms with Crippen molar-refractivity contribution >= 4 is 9.28 Å². The van der Waals surface area contributed by atoms with Crippen LogP contribution in [-0.4, -0.2) is 62.2 Å². The first-order valence-electron chi connectivity index (χ1n) is 12.9. The normalized spacial score (nSPS) is 12.2. The highest BCUT2D eigenvalue weighted by Crippen LogP contribution is 2.15. The SMILES string of the molecule is CCCCN(CCCC)[SiH](N(CCCC)CCCC)N(CCCC)CCCC. The molecule has 170 valence electrons. The summed E-state index contributed by atoms with van der Waals surface area (Å²) in [7, 11) is -1.27. The fourth-order valence-electron chi connectivity index (χ4n) is 3.89. The lowest BCUT2D eigenvalue weighted by molar-refractivity contribution is 0.251. The van der Waals surface area contributed by atoms with Gasteiger partial charge in [-0.15, -0.1) is 0 Å². The van der Waals surface area contributed by atoms with E-state index in [1.807, 2.05) is 0 Å². The van der Waals surface area contributed by atoms with Gasteiger partial charge >= 0.3 is 0 Å². The number of rotatable bonds is 21. The van der Waals surface area contributed by atoms with Gasteiger partial charge in [0.1, 0.15) is 0 Å². The van der Waals surface area contributed by atoms with Crippen LogP contribution >= 0.6 is 0 Å². The van der Waals surface area contributed by atoms with Gasteiger partial charge in [-0.2, -0.15) is 0 Å². The summed E-state index contributed by atoms with van der Waals surface area (Å²) in [6.07, 6.45) is 16.1. The lowest BCUT2D eigenvalue weighted by Gasteiger charge is -2.45. The number of hydrogen-bond acceptors (Lipinski definition) is 3. The highest BCUT2D eigenvalue weighted by molar-refractivity contribution is 6.49. The third-order valence-electron chi connectivity index (χ3n) is 5.77. The van der Waals surface area contributed by atoms with Gasteiger partial charge in [-0.1, -0.05) is 80.1 Å². The second-order valence-corrected chi connectivity index (χ2v) is 11.5. The predicted octanol–water partition coefficient (Wildman–Crippen LogP) is 6.41. The van der Waals surface area contributed by atoms with Gasteiger partial charge in [0.2, 0.25) is 0 Å². The van der Waals surface area contributed by atoms with Gasteiger partial charge in [-0.05, 0) is 77.8 Å². The molecule has 0 saturated heterocycles. The fourth-order valence-corrected chi connectivity index (χ4v) is 7.76. The molecule has 0 rings (SSSR count). The topological polar surface area (TPSA) is 9.72 Å². The van der Waals surface area contributed by atoms with Crippen molar-refractivity contribution in [2.45, 2.75) is 119 Å². The van der Waals surface area contributed by atoms with Crippen molar-refractivity contribution in [2.24, 2.45) is 0 Å². The molecule has 0 unspecified atom stereocenters. The molecule has 0 aromatic heterocycles. The molecule has 0 saturated carbocycles. The van der Waals surface area contributed by atoms with Gasteiger partial charge in [0.25, 0.3) is 9.28 Å². The molecule has 0 aliphatic heterocycles. The Morgan fingerprint density at radius 2 is 0.536 bits per heavy atom. The van der Waals surface area contributed by atoms with Crippen molar-refractivity contribution < 1.29 is 0 Å². The van der Waals surface area contributed by atoms with Crippen LogP contribution in [-0.2, 0) is 0 Å². The Morgan fingerprint density at radius 1 is 0.357 bits per heavy atom. The molecular formula is C24H55N3Si. The summed E-state index contributed by atoms with van der Waals surface area (Å²) in [5.41, 5.74) is 0. The minimum Gasteiger partial charge on any atom is -0.302 e. The van der Waals surface area contributed by atoms with Gasteiger partial charge in [0.15, 0.2) is 0 Å². The van der Waals surface area contributed by atoms with Crippen LogP contribution in [0.5, 0.6) is 0 Å². The first kappa shape index (κ1) is 28.1. The summed E-state index contributed by atoms with van der Waals surface area (Å²) >= 11 is 0. The zero-order chi connectivity index (χ0) is 21.0. The quantitative estimate of drug-likeness (QED) is 0.201. The summed E-state index contributed by atoms with van der Waals surface area (Å²) < 4.78 is 8.97. The van der Waals surface area contributed by atoms with Crippen molar-refractivity contribution in [3.8, 4) is 0 Å². The summed E-state index contributed by atoms with van der Waals surface area (Å²) in [4.78, 5) is 0.